The van der Waals surface area contributed by atoms with Crippen LogP contribution in [-0.4, -0.2) is 29.3 Å². The van der Waals surface area contributed by atoms with Crippen LogP contribution in [0.3, 0.4) is 0 Å². The zero-order valence-corrected chi connectivity index (χ0v) is 18.1. The molecule has 2 N–H and O–H groups in total. The lowest BCUT2D eigenvalue weighted by Gasteiger charge is -2.42. The van der Waals surface area contributed by atoms with Gasteiger partial charge in [-0.25, -0.2) is 0 Å². The summed E-state index contributed by atoms with van der Waals surface area (Å²) in [5.41, 5.74) is 2.68. The molecule has 1 saturated heterocycles. The number of rotatable bonds is 5. The van der Waals surface area contributed by atoms with Crippen molar-refractivity contribution < 1.29 is 14.3 Å². The normalized spacial score (nSPS) is 21.5. The van der Waals surface area contributed by atoms with Crippen molar-refractivity contribution in [1.82, 2.24) is 10.3 Å². The third-order valence-electron chi connectivity index (χ3n) is 5.75. The number of H-pyrrole nitrogens is 1. The van der Waals surface area contributed by atoms with E-state index >= 15 is 0 Å². The van der Waals surface area contributed by atoms with Crippen LogP contribution in [0.2, 0.25) is 0 Å². The summed E-state index contributed by atoms with van der Waals surface area (Å²) in [4.78, 5) is 16.6. The van der Waals surface area contributed by atoms with Crippen LogP contribution in [0.1, 0.15) is 44.9 Å². The van der Waals surface area contributed by atoms with Crippen molar-refractivity contribution in [3.05, 3.63) is 71.9 Å². The summed E-state index contributed by atoms with van der Waals surface area (Å²) in [7, 11) is 0. The highest BCUT2D eigenvalue weighted by Crippen LogP contribution is 2.34. The first kappa shape index (κ1) is 20.6. The molecule has 1 aliphatic heterocycles. The van der Waals surface area contributed by atoms with Gasteiger partial charge in [-0.15, -0.1) is 0 Å². The Bertz CT molecular complexity index is 1020. The number of nitrogens with one attached hydrogen (secondary N) is 2. The number of aromatic amines is 1. The summed E-state index contributed by atoms with van der Waals surface area (Å²) in [5, 5.41) is 4.37. The Labute approximate surface area is 177 Å². The molecule has 0 aliphatic carbocycles. The van der Waals surface area contributed by atoms with Gasteiger partial charge in [0, 0.05) is 22.5 Å². The first-order chi connectivity index (χ1) is 14.3. The van der Waals surface area contributed by atoms with Gasteiger partial charge in [-0.1, -0.05) is 62.4 Å². The van der Waals surface area contributed by atoms with Crippen molar-refractivity contribution in [2.45, 2.75) is 52.0 Å². The highest BCUT2D eigenvalue weighted by molar-refractivity contribution is 5.86. The average Bonchev–Trinajstić information content (AvgIpc) is 3.12. The fourth-order valence-corrected chi connectivity index (χ4v) is 4.06. The van der Waals surface area contributed by atoms with Gasteiger partial charge in [0.1, 0.15) is 6.10 Å². The molecule has 5 heteroatoms. The van der Waals surface area contributed by atoms with E-state index in [2.05, 4.69) is 22.4 Å². The van der Waals surface area contributed by atoms with Crippen LogP contribution in [0.25, 0.3) is 10.9 Å². The van der Waals surface area contributed by atoms with Crippen molar-refractivity contribution in [1.29, 1.82) is 0 Å². The number of aromatic nitrogens is 1. The summed E-state index contributed by atoms with van der Waals surface area (Å²) >= 11 is 0. The number of carbonyl (C=O) groups excluding carboxylic acids is 1. The first-order valence-electron chi connectivity index (χ1n) is 10.5. The van der Waals surface area contributed by atoms with E-state index in [0.717, 1.165) is 22.0 Å². The third-order valence-corrected chi connectivity index (χ3v) is 5.75. The number of amides is 1. The molecule has 30 heavy (non-hydrogen) atoms. The van der Waals surface area contributed by atoms with Gasteiger partial charge in [0.15, 0.2) is 5.79 Å². The first-order valence-corrected chi connectivity index (χ1v) is 10.5. The predicted octanol–water partition coefficient (Wildman–Crippen LogP) is 4.75. The highest BCUT2D eigenvalue weighted by atomic mass is 16.7. The predicted molar refractivity (Wildman–Crippen MR) is 118 cm³/mol. The number of fused-ring (bicyclic) bond motifs is 1. The Morgan fingerprint density at radius 3 is 2.60 bits per heavy atom. The molecule has 3 aromatic rings. The zero-order valence-electron chi connectivity index (χ0n) is 18.1. The molecule has 2 heterocycles. The van der Waals surface area contributed by atoms with Crippen molar-refractivity contribution in [2.24, 2.45) is 5.41 Å². The Morgan fingerprint density at radius 1 is 1.13 bits per heavy atom. The summed E-state index contributed by atoms with van der Waals surface area (Å²) in [6.45, 7) is 8.18. The molecule has 1 aliphatic rings. The Kier molecular flexibility index (Phi) is 5.43. The maximum absolute atomic E-state index is 13.3. The lowest BCUT2D eigenvalue weighted by molar-refractivity contribution is -0.285. The number of carbonyl (C=O) groups is 1. The summed E-state index contributed by atoms with van der Waals surface area (Å²) in [6, 6.07) is 17.9. The van der Waals surface area contributed by atoms with E-state index in [1.165, 1.54) is 0 Å². The van der Waals surface area contributed by atoms with Gasteiger partial charge in [0.25, 0.3) is 0 Å². The van der Waals surface area contributed by atoms with Gasteiger partial charge in [-0.2, -0.15) is 0 Å². The molecule has 0 bridgehead atoms. The topological polar surface area (TPSA) is 63.3 Å². The Morgan fingerprint density at radius 2 is 1.83 bits per heavy atom. The molecule has 2 atom stereocenters. The van der Waals surface area contributed by atoms with E-state index in [0.29, 0.717) is 13.0 Å². The number of hydrogen-bond donors (Lipinski definition) is 2. The quantitative estimate of drug-likeness (QED) is 0.643. The Balaban J connectivity index is 1.52. The van der Waals surface area contributed by atoms with Gasteiger partial charge in [-0.05, 0) is 37.5 Å². The average molecular weight is 407 g/mol. The van der Waals surface area contributed by atoms with E-state index in [1.54, 1.807) is 0 Å². The largest absolute Gasteiger partial charge is 0.361 e. The molecule has 1 aromatic heterocycles. The van der Waals surface area contributed by atoms with Crippen molar-refractivity contribution in [2.75, 3.05) is 6.61 Å². The fourth-order valence-electron chi connectivity index (χ4n) is 4.06. The molecule has 4 rings (SSSR count). The molecular weight excluding hydrogens is 376 g/mol. The second kappa shape index (κ2) is 7.89. The monoisotopic (exact) mass is 406 g/mol. The number of para-hydroxylation sites is 1. The number of hydrogen-bond acceptors (Lipinski definition) is 3. The van der Waals surface area contributed by atoms with E-state index in [9.17, 15) is 4.79 Å². The Hall–Kier alpha value is -2.63. The fraction of sp³-hybridized carbons (Fsp3) is 0.400. The van der Waals surface area contributed by atoms with E-state index in [4.69, 9.17) is 9.47 Å². The maximum Gasteiger partial charge on any atom is 0.226 e. The minimum atomic E-state index is -0.693. The third kappa shape index (κ3) is 4.27. The summed E-state index contributed by atoms with van der Waals surface area (Å²) < 4.78 is 12.1. The molecule has 158 valence electrons. The van der Waals surface area contributed by atoms with Crippen LogP contribution in [0, 0.1) is 5.41 Å². The van der Waals surface area contributed by atoms with Gasteiger partial charge in [0.2, 0.25) is 5.91 Å². The lowest BCUT2D eigenvalue weighted by Crippen LogP contribution is -2.54. The minimum Gasteiger partial charge on any atom is -0.361 e. The number of benzene rings is 2. The van der Waals surface area contributed by atoms with Gasteiger partial charge in [-0.3, -0.25) is 4.79 Å². The minimum absolute atomic E-state index is 0.00869. The van der Waals surface area contributed by atoms with Crippen LogP contribution >= 0.6 is 0 Å². The van der Waals surface area contributed by atoms with Crippen LogP contribution in [-0.2, 0) is 20.7 Å². The molecule has 2 aromatic carbocycles. The highest BCUT2D eigenvalue weighted by Gasteiger charge is 2.40. The van der Waals surface area contributed by atoms with E-state index < -0.39 is 11.2 Å². The second-order valence-electron chi connectivity index (χ2n) is 9.16. The van der Waals surface area contributed by atoms with E-state index in [1.807, 2.05) is 76.4 Å². The van der Waals surface area contributed by atoms with Crippen molar-refractivity contribution in [3.8, 4) is 0 Å². The van der Waals surface area contributed by atoms with Crippen LogP contribution < -0.4 is 5.32 Å². The van der Waals surface area contributed by atoms with Crippen LogP contribution in [0.5, 0.6) is 0 Å². The number of ether oxygens (including phenoxy) is 2. The molecule has 5 nitrogen and oxygen atoms in total. The molecule has 2 unspecified atom stereocenters. The summed E-state index contributed by atoms with van der Waals surface area (Å²) in [6.07, 6.45) is 2.38. The van der Waals surface area contributed by atoms with Crippen molar-refractivity contribution in [3.63, 3.8) is 0 Å². The zero-order chi connectivity index (χ0) is 21.4. The standard InChI is InChI=1S/C25H30N2O3/c1-24(2,14-18-15-26-20-13-9-8-12-19(18)20)23(28)27-21-16-29-25(3,4)30-22(21)17-10-6-5-7-11-17/h5-13,15,21-22,26H,14,16H2,1-4H3,(H,27,28). The second-order valence-corrected chi connectivity index (χ2v) is 9.16. The molecule has 1 fully saturated rings. The molecule has 0 saturated carbocycles. The molecular formula is C25H30N2O3. The van der Waals surface area contributed by atoms with Crippen LogP contribution in [0.4, 0.5) is 0 Å². The van der Waals surface area contributed by atoms with E-state index in [-0.39, 0.29) is 18.1 Å². The molecule has 0 radical (unpaired) electrons. The SMILES string of the molecule is CC1(C)OCC(NC(=O)C(C)(C)Cc2c[nH]c3ccccc23)C(c2ccccc2)O1. The lowest BCUT2D eigenvalue weighted by atomic mass is 9.84. The van der Waals surface area contributed by atoms with Crippen LogP contribution in [0.15, 0.2) is 60.8 Å². The molecule has 0 spiro atoms. The smallest absolute Gasteiger partial charge is 0.226 e. The maximum atomic E-state index is 13.3. The van der Waals surface area contributed by atoms with Gasteiger partial charge in [0.05, 0.1) is 12.6 Å². The van der Waals surface area contributed by atoms with Gasteiger partial charge < -0.3 is 19.8 Å². The van der Waals surface area contributed by atoms with Crippen molar-refractivity contribution >= 4 is 16.8 Å². The van der Waals surface area contributed by atoms with Gasteiger partial charge >= 0.3 is 0 Å². The molecule has 1 amide bonds. The summed E-state index contributed by atoms with van der Waals surface area (Å²) in [5.74, 6) is -0.702.